The van der Waals surface area contributed by atoms with Crippen LogP contribution in [0.4, 0.5) is 5.69 Å². The Kier molecular flexibility index (Phi) is 5.76. The Labute approximate surface area is 135 Å². The number of hydrogen-bond acceptors (Lipinski definition) is 3. The topological polar surface area (TPSA) is 28.2 Å². The summed E-state index contributed by atoms with van der Waals surface area (Å²) in [5, 5.41) is 3.38. The predicted molar refractivity (Wildman–Crippen MR) is 92.6 cm³/mol. The second-order valence-corrected chi connectivity index (χ2v) is 6.12. The summed E-state index contributed by atoms with van der Waals surface area (Å²) in [7, 11) is 2.09. The molecule has 0 spiro atoms. The van der Waals surface area contributed by atoms with Gasteiger partial charge in [-0.05, 0) is 43.3 Å². The van der Waals surface area contributed by atoms with Crippen molar-refractivity contribution in [3.63, 3.8) is 0 Å². The summed E-state index contributed by atoms with van der Waals surface area (Å²) in [5.41, 5.74) is 3.49. The van der Waals surface area contributed by atoms with Gasteiger partial charge in [0.05, 0.1) is 17.6 Å². The molecule has 0 aliphatic rings. The number of benzene rings is 1. The molecule has 0 saturated carbocycles. The first-order chi connectivity index (χ1) is 10.1. The predicted octanol–water partition coefficient (Wildman–Crippen LogP) is 4.15. The zero-order chi connectivity index (χ0) is 15.2. The Morgan fingerprint density at radius 1 is 1.19 bits per heavy atom. The van der Waals surface area contributed by atoms with Crippen molar-refractivity contribution in [3.05, 3.63) is 58.3 Å². The van der Waals surface area contributed by atoms with Crippen LogP contribution in [0.15, 0.2) is 47.1 Å². The maximum atomic E-state index is 4.56. The summed E-state index contributed by atoms with van der Waals surface area (Å²) in [6, 6.07) is 12.9. The molecule has 21 heavy (non-hydrogen) atoms. The smallest absolute Gasteiger partial charge is 0.0572 e. The summed E-state index contributed by atoms with van der Waals surface area (Å²) < 4.78 is 1.11. The van der Waals surface area contributed by atoms with Gasteiger partial charge in [-0.25, -0.2) is 0 Å². The molecule has 112 valence electrons. The molecular weight excluding hydrogens is 326 g/mol. The normalized spacial score (nSPS) is 12.2. The van der Waals surface area contributed by atoms with Crippen LogP contribution in [-0.4, -0.2) is 18.6 Å². The Morgan fingerprint density at radius 3 is 2.48 bits per heavy atom. The van der Waals surface area contributed by atoms with Crippen molar-refractivity contribution >= 4 is 21.6 Å². The van der Waals surface area contributed by atoms with Crippen LogP contribution < -0.4 is 10.2 Å². The Balaban J connectivity index is 2.02. The molecule has 0 saturated heterocycles. The van der Waals surface area contributed by atoms with Crippen molar-refractivity contribution in [1.29, 1.82) is 0 Å². The molecule has 1 aromatic heterocycles. The third-order valence-electron chi connectivity index (χ3n) is 3.50. The van der Waals surface area contributed by atoms with Crippen LogP contribution in [-0.2, 0) is 6.54 Å². The maximum absolute atomic E-state index is 4.56. The first kappa shape index (κ1) is 16.0. The summed E-state index contributed by atoms with van der Waals surface area (Å²) in [5.74, 6) is 0. The number of rotatable bonds is 6. The molecule has 0 aliphatic carbocycles. The van der Waals surface area contributed by atoms with Crippen molar-refractivity contribution in [2.24, 2.45) is 0 Å². The lowest BCUT2D eigenvalue weighted by Gasteiger charge is -2.20. The van der Waals surface area contributed by atoms with E-state index in [0.717, 1.165) is 28.9 Å². The lowest BCUT2D eigenvalue weighted by Crippen LogP contribution is -2.20. The molecule has 2 aromatic rings. The highest BCUT2D eigenvalue weighted by molar-refractivity contribution is 9.10. The van der Waals surface area contributed by atoms with E-state index >= 15 is 0 Å². The number of pyridine rings is 1. The quantitative estimate of drug-likeness (QED) is 0.850. The molecule has 3 nitrogen and oxygen atoms in total. The van der Waals surface area contributed by atoms with E-state index in [-0.39, 0.29) is 0 Å². The van der Waals surface area contributed by atoms with Crippen molar-refractivity contribution in [2.75, 3.05) is 18.5 Å². The van der Waals surface area contributed by atoms with E-state index in [4.69, 9.17) is 0 Å². The molecule has 0 fully saturated rings. The lowest BCUT2D eigenvalue weighted by molar-refractivity contribution is 0.583. The molecule has 0 bridgehead atoms. The fraction of sp³-hybridized carbons (Fsp3) is 0.353. The fourth-order valence-corrected chi connectivity index (χ4v) is 2.51. The van der Waals surface area contributed by atoms with E-state index in [2.05, 4.69) is 88.4 Å². The van der Waals surface area contributed by atoms with Crippen LogP contribution in [0.25, 0.3) is 0 Å². The van der Waals surface area contributed by atoms with Gasteiger partial charge in [-0.1, -0.05) is 35.0 Å². The number of anilines is 1. The van der Waals surface area contributed by atoms with Crippen molar-refractivity contribution < 1.29 is 0 Å². The first-order valence-corrected chi connectivity index (χ1v) is 8.04. The van der Waals surface area contributed by atoms with Gasteiger partial charge in [0.25, 0.3) is 0 Å². The molecule has 1 N–H and O–H groups in total. The summed E-state index contributed by atoms with van der Waals surface area (Å²) >= 11 is 3.46. The Morgan fingerprint density at radius 2 is 1.90 bits per heavy atom. The maximum Gasteiger partial charge on any atom is 0.0572 e. The lowest BCUT2D eigenvalue weighted by atomic mass is 10.2. The zero-order valence-electron chi connectivity index (χ0n) is 12.8. The highest BCUT2D eigenvalue weighted by Gasteiger charge is 2.07. The van der Waals surface area contributed by atoms with Gasteiger partial charge >= 0.3 is 0 Å². The molecule has 0 amide bonds. The first-order valence-electron chi connectivity index (χ1n) is 7.25. The fourth-order valence-electron chi connectivity index (χ4n) is 2.25. The highest BCUT2D eigenvalue weighted by Crippen LogP contribution is 2.18. The third kappa shape index (κ3) is 4.55. The number of hydrogen-bond donors (Lipinski definition) is 1. The number of nitrogens with one attached hydrogen (secondary N) is 1. The minimum absolute atomic E-state index is 0.292. The molecule has 1 heterocycles. The van der Waals surface area contributed by atoms with Crippen LogP contribution in [0.3, 0.4) is 0 Å². The standard InChI is InChI=1S/C17H22BrN3/c1-4-19-13(2)17-10-9-16(11-20-17)21(3)12-14-5-7-15(18)8-6-14/h5-11,13,19H,4,12H2,1-3H3. The van der Waals surface area contributed by atoms with Crippen LogP contribution in [0.1, 0.15) is 31.1 Å². The molecule has 0 aliphatic heterocycles. The van der Waals surface area contributed by atoms with Crippen LogP contribution >= 0.6 is 15.9 Å². The van der Waals surface area contributed by atoms with Gasteiger partial charge in [-0.15, -0.1) is 0 Å². The molecule has 1 atom stereocenters. The van der Waals surface area contributed by atoms with Crippen LogP contribution in [0.2, 0.25) is 0 Å². The summed E-state index contributed by atoms with van der Waals surface area (Å²) in [6.07, 6.45) is 1.95. The van der Waals surface area contributed by atoms with Crippen LogP contribution in [0.5, 0.6) is 0 Å². The molecule has 2 rings (SSSR count). The van der Waals surface area contributed by atoms with Gasteiger partial charge in [-0.2, -0.15) is 0 Å². The number of nitrogens with zero attached hydrogens (tertiary/aromatic N) is 2. The Bertz CT molecular complexity index is 551. The molecule has 1 unspecified atom stereocenters. The van der Waals surface area contributed by atoms with Crippen molar-refractivity contribution in [2.45, 2.75) is 26.4 Å². The van der Waals surface area contributed by atoms with E-state index in [1.165, 1.54) is 5.56 Å². The second-order valence-electron chi connectivity index (χ2n) is 5.20. The average molecular weight is 348 g/mol. The van der Waals surface area contributed by atoms with Gasteiger partial charge in [0.15, 0.2) is 0 Å². The number of halogens is 1. The monoisotopic (exact) mass is 347 g/mol. The largest absolute Gasteiger partial charge is 0.369 e. The van der Waals surface area contributed by atoms with Gasteiger partial charge in [0.1, 0.15) is 0 Å². The van der Waals surface area contributed by atoms with Gasteiger partial charge in [0.2, 0.25) is 0 Å². The van der Waals surface area contributed by atoms with E-state index < -0.39 is 0 Å². The minimum Gasteiger partial charge on any atom is -0.369 e. The van der Waals surface area contributed by atoms with Crippen LogP contribution in [0, 0.1) is 0 Å². The molecular formula is C17H22BrN3. The number of aromatic nitrogens is 1. The second kappa shape index (κ2) is 7.57. The van der Waals surface area contributed by atoms with E-state index in [1.54, 1.807) is 0 Å². The van der Waals surface area contributed by atoms with E-state index in [0.29, 0.717) is 6.04 Å². The summed E-state index contributed by atoms with van der Waals surface area (Å²) in [6.45, 7) is 6.07. The van der Waals surface area contributed by atoms with Gasteiger partial charge in [0, 0.05) is 24.1 Å². The van der Waals surface area contributed by atoms with Crippen molar-refractivity contribution in [1.82, 2.24) is 10.3 Å². The van der Waals surface area contributed by atoms with Crippen molar-refractivity contribution in [3.8, 4) is 0 Å². The minimum atomic E-state index is 0.292. The van der Waals surface area contributed by atoms with E-state index in [9.17, 15) is 0 Å². The molecule has 4 heteroatoms. The zero-order valence-corrected chi connectivity index (χ0v) is 14.4. The highest BCUT2D eigenvalue weighted by atomic mass is 79.9. The molecule has 1 aromatic carbocycles. The Hall–Kier alpha value is -1.39. The van der Waals surface area contributed by atoms with E-state index in [1.807, 2.05) is 6.20 Å². The average Bonchev–Trinajstić information content (AvgIpc) is 2.50. The van der Waals surface area contributed by atoms with Gasteiger partial charge < -0.3 is 10.2 Å². The third-order valence-corrected chi connectivity index (χ3v) is 4.03. The molecule has 0 radical (unpaired) electrons. The summed E-state index contributed by atoms with van der Waals surface area (Å²) in [4.78, 5) is 6.77. The van der Waals surface area contributed by atoms with Gasteiger partial charge in [-0.3, -0.25) is 4.98 Å². The SMILES string of the molecule is CCNC(C)c1ccc(N(C)Cc2ccc(Br)cc2)cn1.